The van der Waals surface area contributed by atoms with Gasteiger partial charge in [-0.15, -0.1) is 25.6 Å². The number of fused-ring (bicyclic) bond motifs is 2. The predicted octanol–water partition coefficient (Wildman–Crippen LogP) is 5.04. The third kappa shape index (κ3) is 11.3. The van der Waals surface area contributed by atoms with Gasteiger partial charge in [0.25, 0.3) is 50.6 Å². The molecular weight excluding hydrogens is 1040 g/mol. The van der Waals surface area contributed by atoms with E-state index in [9.17, 15) is 95.5 Å². The Kier molecular flexibility index (Phi) is 14.5. The van der Waals surface area contributed by atoms with E-state index in [4.69, 9.17) is 9.47 Å². The Morgan fingerprint density at radius 1 is 0.414 bits per heavy atom. The highest BCUT2D eigenvalue weighted by molar-refractivity contribution is 7.87. The van der Waals surface area contributed by atoms with Crippen LogP contribution in [0.15, 0.2) is 122 Å². The molecule has 0 aromatic heterocycles. The summed E-state index contributed by atoms with van der Waals surface area (Å²) in [6, 6.07) is 7.85. The summed E-state index contributed by atoms with van der Waals surface area (Å²) in [5.74, 6) is -5.15. The number of aliphatic hydroxyl groups excluding tert-OH is 2. The average Bonchev–Trinajstić information content (AvgIpc) is 3.24. The number of phenolic OH excluding ortho intramolecular Hbond substituents is 4. The Bertz CT molecular complexity index is 3830. The smallest absolute Gasteiger partial charge is 0.296 e. The van der Waals surface area contributed by atoms with E-state index >= 15 is 0 Å². The van der Waals surface area contributed by atoms with Crippen LogP contribution in [-0.4, -0.2) is 122 Å². The van der Waals surface area contributed by atoms with E-state index in [2.05, 4.69) is 30.7 Å². The molecule has 0 unspecified atom stereocenters. The average molecular weight is 1070 g/mol. The summed E-state index contributed by atoms with van der Waals surface area (Å²) in [4.78, 5) is -5.31. The number of benzene rings is 6. The maximum atomic E-state index is 12.6. The first-order chi connectivity index (χ1) is 32.4. The molecule has 0 aliphatic heterocycles. The van der Waals surface area contributed by atoms with Gasteiger partial charge in [0.2, 0.25) is 0 Å². The van der Waals surface area contributed by atoms with Crippen LogP contribution in [0.1, 0.15) is 0 Å². The maximum absolute atomic E-state index is 12.6. The standard InChI is InChI=1S/C36H30N6O23S5/c43-3-5-64-26-15-23(40-42-34-30(70(61,62)63)10-17-8-20(67(52,53)54)13-25(46)32(17)36(34)48)27(65-6-4-44)14-22(26)39-38-21-2-1-18(11-28(21)68(55,56)57)37-41-33-29(69(58,59)60)9-16-7-19(66(49,50)51)12-24(45)31(16)35(33)47/h1-2,7-15,43-48H,3-6H2,(H,49,50,51)(H,52,53,54)(H,55,56,57)(H,58,59,60)(H,61,62,63)/b39-38+,41-37+,42-40+. The van der Waals surface area contributed by atoms with Gasteiger partial charge >= 0.3 is 0 Å². The second-order valence-corrected chi connectivity index (χ2v) is 20.8. The second-order valence-electron chi connectivity index (χ2n) is 13.8. The molecule has 0 heterocycles. The molecule has 6 aromatic rings. The van der Waals surface area contributed by atoms with Crippen LogP contribution in [0.5, 0.6) is 34.5 Å². The molecule has 0 atom stereocenters. The highest BCUT2D eigenvalue weighted by Gasteiger charge is 2.28. The SMILES string of the molecule is O=S(=O)(O)c1cc(O)c2c(O)c(/N=N/c3ccc(/N=N/c4cc(OCCO)c(/N=N/c5c(S(=O)(=O)O)cc6cc(S(=O)(=O)O)cc(O)c6c5O)cc4OCCO)c(S(=O)(=O)O)c3)c(S(=O)(=O)O)cc2c1. The van der Waals surface area contributed by atoms with E-state index in [-0.39, 0.29) is 11.4 Å². The normalized spacial score (nSPS) is 13.1. The molecule has 0 aliphatic rings. The predicted molar refractivity (Wildman–Crippen MR) is 234 cm³/mol. The minimum atomic E-state index is -5.35. The third-order valence-corrected chi connectivity index (χ3v) is 13.4. The molecule has 0 bridgehead atoms. The van der Waals surface area contributed by atoms with Crippen LogP contribution in [-0.2, 0) is 50.6 Å². The van der Waals surface area contributed by atoms with Gasteiger partial charge in [-0.1, -0.05) is 0 Å². The largest absolute Gasteiger partial charge is 0.507 e. The van der Waals surface area contributed by atoms with Crippen LogP contribution in [0.25, 0.3) is 21.5 Å². The van der Waals surface area contributed by atoms with Gasteiger partial charge in [-0.05, 0) is 53.2 Å². The van der Waals surface area contributed by atoms with Gasteiger partial charge in [-0.25, -0.2) is 0 Å². The maximum Gasteiger partial charge on any atom is 0.296 e. The molecule has 29 nitrogen and oxygen atoms in total. The number of aromatic hydroxyl groups is 4. The van der Waals surface area contributed by atoms with Crippen molar-refractivity contribution in [1.82, 2.24) is 0 Å². The molecule has 70 heavy (non-hydrogen) atoms. The van der Waals surface area contributed by atoms with E-state index in [1.807, 2.05) is 0 Å². The zero-order valence-corrected chi connectivity index (χ0v) is 38.3. The molecule has 372 valence electrons. The van der Waals surface area contributed by atoms with Gasteiger partial charge in [0.1, 0.15) is 79.3 Å². The molecule has 0 radical (unpaired) electrons. The van der Waals surface area contributed by atoms with Crippen LogP contribution in [0.3, 0.4) is 0 Å². The van der Waals surface area contributed by atoms with E-state index in [1.165, 1.54) is 0 Å². The number of azo groups is 3. The first kappa shape index (κ1) is 52.3. The Morgan fingerprint density at radius 3 is 1.19 bits per heavy atom. The quantitative estimate of drug-likeness (QED) is 0.0421. The minimum Gasteiger partial charge on any atom is -0.507 e. The number of hydrogen-bond acceptors (Lipinski definition) is 24. The molecule has 0 fully saturated rings. The van der Waals surface area contributed by atoms with Gasteiger partial charge in [-0.3, -0.25) is 22.8 Å². The Labute approximate surface area is 392 Å². The molecule has 0 aliphatic carbocycles. The van der Waals surface area contributed by atoms with Crippen molar-refractivity contribution in [3.05, 3.63) is 66.7 Å². The molecule has 0 saturated carbocycles. The van der Waals surface area contributed by atoms with Gasteiger partial charge in [-0.2, -0.15) is 47.2 Å². The minimum absolute atomic E-state index is 0.375. The van der Waals surface area contributed by atoms with E-state index in [1.54, 1.807) is 0 Å². The van der Waals surface area contributed by atoms with Crippen LogP contribution in [0.2, 0.25) is 0 Å². The van der Waals surface area contributed by atoms with Crippen molar-refractivity contribution in [2.75, 3.05) is 26.4 Å². The fraction of sp³-hybridized carbons (Fsp3) is 0.111. The summed E-state index contributed by atoms with van der Waals surface area (Å²) in [5, 5.41) is 82.2. The lowest BCUT2D eigenvalue weighted by atomic mass is 10.1. The third-order valence-electron chi connectivity index (χ3n) is 9.11. The van der Waals surface area contributed by atoms with Crippen LogP contribution < -0.4 is 9.47 Å². The Balaban J connectivity index is 1.45. The van der Waals surface area contributed by atoms with Crippen molar-refractivity contribution < 1.29 is 105 Å². The van der Waals surface area contributed by atoms with Gasteiger partial charge in [0, 0.05) is 24.3 Å². The lowest BCUT2D eigenvalue weighted by Crippen LogP contribution is -2.04. The fourth-order valence-electron chi connectivity index (χ4n) is 6.17. The molecule has 34 heteroatoms. The topological polar surface area (TPSA) is 486 Å². The number of rotatable bonds is 17. The van der Waals surface area contributed by atoms with E-state index < -0.39 is 180 Å². The van der Waals surface area contributed by atoms with Gasteiger partial charge < -0.3 is 40.1 Å². The van der Waals surface area contributed by atoms with Crippen LogP contribution >= 0.6 is 0 Å². The van der Waals surface area contributed by atoms with Crippen molar-refractivity contribution in [2.45, 2.75) is 24.5 Å². The van der Waals surface area contributed by atoms with Crippen LogP contribution in [0, 0.1) is 0 Å². The molecule has 0 spiro atoms. The zero-order valence-electron chi connectivity index (χ0n) is 34.2. The lowest BCUT2D eigenvalue weighted by Gasteiger charge is -2.13. The summed E-state index contributed by atoms with van der Waals surface area (Å²) in [6.45, 7) is -2.24. The van der Waals surface area contributed by atoms with Crippen molar-refractivity contribution in [2.24, 2.45) is 30.7 Å². The first-order valence-electron chi connectivity index (χ1n) is 18.4. The fourth-order valence-corrected chi connectivity index (χ4v) is 9.20. The summed E-state index contributed by atoms with van der Waals surface area (Å²) in [5.41, 5.74) is -4.10. The molecule has 0 saturated heterocycles. The summed E-state index contributed by atoms with van der Waals surface area (Å²) >= 11 is 0. The molecular formula is C36H30N6O23S5. The zero-order chi connectivity index (χ0) is 51.9. The molecule has 6 aromatic carbocycles. The monoisotopic (exact) mass is 1070 g/mol. The summed E-state index contributed by atoms with van der Waals surface area (Å²) in [7, 11) is -25.9. The molecule has 0 amide bonds. The Hall–Kier alpha value is -7.09. The van der Waals surface area contributed by atoms with Crippen molar-refractivity contribution >= 4 is 106 Å². The Morgan fingerprint density at radius 2 is 0.800 bits per heavy atom. The molecule has 11 N–H and O–H groups in total. The van der Waals surface area contributed by atoms with Crippen molar-refractivity contribution in [1.29, 1.82) is 0 Å². The van der Waals surface area contributed by atoms with E-state index in [0.29, 0.717) is 42.5 Å². The number of hydrogen-bond donors (Lipinski definition) is 11. The van der Waals surface area contributed by atoms with Gasteiger partial charge in [0.05, 0.1) is 39.5 Å². The van der Waals surface area contributed by atoms with E-state index in [0.717, 1.165) is 24.3 Å². The number of nitrogens with zero attached hydrogens (tertiary/aromatic N) is 6. The number of aliphatic hydroxyl groups is 2. The van der Waals surface area contributed by atoms with Crippen molar-refractivity contribution in [3.8, 4) is 34.5 Å². The van der Waals surface area contributed by atoms with Crippen LogP contribution in [0.4, 0.5) is 34.1 Å². The highest BCUT2D eigenvalue weighted by atomic mass is 32.2. The second kappa shape index (κ2) is 19.4. The van der Waals surface area contributed by atoms with Crippen molar-refractivity contribution in [3.63, 3.8) is 0 Å². The molecule has 6 rings (SSSR count). The first-order valence-corrected chi connectivity index (χ1v) is 25.6. The summed E-state index contributed by atoms with van der Waals surface area (Å²) < 4.78 is 181. The lowest BCUT2D eigenvalue weighted by molar-refractivity contribution is 0.198. The number of phenols is 4. The highest BCUT2D eigenvalue weighted by Crippen LogP contribution is 2.49. The number of ether oxygens (including phenoxy) is 2. The summed E-state index contributed by atoms with van der Waals surface area (Å²) in [6.07, 6.45) is 0. The van der Waals surface area contributed by atoms with Gasteiger partial charge in [0.15, 0.2) is 11.5 Å².